The zero-order valence-electron chi connectivity index (χ0n) is 11.7. The summed E-state index contributed by atoms with van der Waals surface area (Å²) < 4.78 is 0. The summed E-state index contributed by atoms with van der Waals surface area (Å²) in [5.41, 5.74) is 0. The Kier molecular flexibility index (Phi) is 5.36. The van der Waals surface area contributed by atoms with Gasteiger partial charge in [0.15, 0.2) is 0 Å². The monoisotopic (exact) mass is 268 g/mol. The average molecular weight is 268 g/mol. The van der Waals surface area contributed by atoms with Crippen LogP contribution in [0.2, 0.25) is 0 Å². The largest absolute Gasteiger partial charge is 0.0805 e. The number of benzene rings is 2. The van der Waals surface area contributed by atoms with Gasteiger partial charge in [-0.2, -0.15) is 0 Å². The Balaban J connectivity index is 2.48. The van der Waals surface area contributed by atoms with Gasteiger partial charge in [0.1, 0.15) is 0 Å². The standard InChI is InChI=1S/C18H21P/c1-3-11-16(4-2)19(17-12-7-5-8-13-17)18-14-9-6-10-15-18/h5-15H,3-4H2,1-2H3/b16-11+. The Labute approximate surface area is 117 Å². The third kappa shape index (κ3) is 3.55. The minimum Gasteiger partial charge on any atom is -0.0805 e. The van der Waals surface area contributed by atoms with Gasteiger partial charge in [-0.1, -0.05) is 80.6 Å². The predicted molar refractivity (Wildman–Crippen MR) is 87.7 cm³/mol. The minimum atomic E-state index is -0.359. The molecule has 0 spiro atoms. The zero-order chi connectivity index (χ0) is 13.5. The van der Waals surface area contributed by atoms with Crippen LogP contribution in [0.4, 0.5) is 0 Å². The predicted octanol–water partition coefficient (Wildman–Crippen LogP) is 4.82. The zero-order valence-corrected chi connectivity index (χ0v) is 12.6. The van der Waals surface area contributed by atoms with E-state index in [-0.39, 0.29) is 7.92 Å². The van der Waals surface area contributed by atoms with Crippen molar-refractivity contribution in [2.24, 2.45) is 0 Å². The van der Waals surface area contributed by atoms with Gasteiger partial charge < -0.3 is 0 Å². The average Bonchev–Trinajstić information content (AvgIpc) is 2.49. The van der Waals surface area contributed by atoms with Crippen LogP contribution >= 0.6 is 7.92 Å². The highest BCUT2D eigenvalue weighted by molar-refractivity contribution is 7.76. The Bertz CT molecular complexity index is 474. The first-order chi connectivity index (χ1) is 9.36. The number of hydrogen-bond donors (Lipinski definition) is 0. The van der Waals surface area contributed by atoms with Crippen LogP contribution in [0.15, 0.2) is 72.1 Å². The molecule has 98 valence electrons. The Hall–Kier alpha value is -1.39. The summed E-state index contributed by atoms with van der Waals surface area (Å²) in [5, 5.41) is 4.48. The molecular formula is C18H21P. The summed E-state index contributed by atoms with van der Waals surface area (Å²) in [6.45, 7) is 4.49. The van der Waals surface area contributed by atoms with Crippen LogP contribution < -0.4 is 10.6 Å². The summed E-state index contributed by atoms with van der Waals surface area (Å²) in [5.74, 6) is 0. The molecule has 0 N–H and O–H groups in total. The van der Waals surface area contributed by atoms with E-state index in [1.807, 2.05) is 0 Å². The van der Waals surface area contributed by atoms with Gasteiger partial charge in [-0.25, -0.2) is 0 Å². The molecule has 2 rings (SSSR count). The third-order valence-electron chi connectivity index (χ3n) is 3.12. The molecule has 0 radical (unpaired) electrons. The molecule has 0 unspecified atom stereocenters. The fraction of sp³-hybridized carbons (Fsp3) is 0.222. The molecule has 2 aromatic carbocycles. The molecule has 0 aliphatic heterocycles. The maximum Gasteiger partial charge on any atom is -0.0154 e. The van der Waals surface area contributed by atoms with E-state index in [0.29, 0.717) is 0 Å². The second-order valence-electron chi connectivity index (χ2n) is 4.46. The lowest BCUT2D eigenvalue weighted by Gasteiger charge is -2.21. The molecule has 0 amide bonds. The van der Waals surface area contributed by atoms with Crippen molar-refractivity contribution >= 4 is 18.5 Å². The highest BCUT2D eigenvalue weighted by atomic mass is 31.1. The first-order valence-corrected chi connectivity index (χ1v) is 8.30. The fourth-order valence-electron chi connectivity index (χ4n) is 2.26. The molecule has 0 aromatic heterocycles. The van der Waals surface area contributed by atoms with Gasteiger partial charge in [0.25, 0.3) is 0 Å². The van der Waals surface area contributed by atoms with Crippen LogP contribution in [-0.4, -0.2) is 0 Å². The van der Waals surface area contributed by atoms with E-state index in [0.717, 1.165) is 12.8 Å². The summed E-state index contributed by atoms with van der Waals surface area (Å²) in [4.78, 5) is 0. The van der Waals surface area contributed by atoms with Gasteiger partial charge >= 0.3 is 0 Å². The minimum absolute atomic E-state index is 0.359. The van der Waals surface area contributed by atoms with E-state index in [9.17, 15) is 0 Å². The van der Waals surface area contributed by atoms with E-state index in [1.165, 1.54) is 10.6 Å². The number of allylic oxidation sites excluding steroid dienone is 2. The van der Waals surface area contributed by atoms with Gasteiger partial charge in [0.2, 0.25) is 0 Å². The first-order valence-electron chi connectivity index (χ1n) is 6.96. The second-order valence-corrected chi connectivity index (χ2v) is 6.74. The fourth-order valence-corrected chi connectivity index (χ4v) is 4.85. The van der Waals surface area contributed by atoms with Crippen molar-refractivity contribution in [2.45, 2.75) is 26.7 Å². The maximum atomic E-state index is 2.41. The molecule has 19 heavy (non-hydrogen) atoms. The van der Waals surface area contributed by atoms with Crippen LogP contribution in [0.1, 0.15) is 26.7 Å². The highest BCUT2D eigenvalue weighted by Crippen LogP contribution is 2.44. The molecule has 0 saturated heterocycles. The van der Waals surface area contributed by atoms with Crippen molar-refractivity contribution in [3.63, 3.8) is 0 Å². The van der Waals surface area contributed by atoms with E-state index in [2.05, 4.69) is 80.6 Å². The lowest BCUT2D eigenvalue weighted by atomic mass is 10.3. The van der Waals surface area contributed by atoms with Crippen molar-refractivity contribution in [1.82, 2.24) is 0 Å². The number of rotatable bonds is 5. The Morgan fingerprint density at radius 3 is 1.68 bits per heavy atom. The molecule has 0 nitrogen and oxygen atoms in total. The van der Waals surface area contributed by atoms with E-state index in [1.54, 1.807) is 5.31 Å². The van der Waals surface area contributed by atoms with Crippen molar-refractivity contribution in [3.8, 4) is 0 Å². The van der Waals surface area contributed by atoms with E-state index < -0.39 is 0 Å². The lowest BCUT2D eigenvalue weighted by molar-refractivity contribution is 1.13. The summed E-state index contributed by atoms with van der Waals surface area (Å²) in [6.07, 6.45) is 4.65. The topological polar surface area (TPSA) is 0 Å². The van der Waals surface area contributed by atoms with Gasteiger partial charge in [-0.3, -0.25) is 0 Å². The summed E-state index contributed by atoms with van der Waals surface area (Å²) in [7, 11) is -0.359. The van der Waals surface area contributed by atoms with Crippen LogP contribution in [0.3, 0.4) is 0 Å². The molecule has 0 aliphatic carbocycles. The molecular weight excluding hydrogens is 247 g/mol. The quantitative estimate of drug-likeness (QED) is 0.682. The molecule has 0 atom stereocenters. The molecule has 1 heteroatoms. The first kappa shape index (κ1) is 14.0. The molecule has 0 aliphatic rings. The normalized spacial score (nSPS) is 11.8. The van der Waals surface area contributed by atoms with E-state index >= 15 is 0 Å². The van der Waals surface area contributed by atoms with Crippen LogP contribution in [0, 0.1) is 0 Å². The summed E-state index contributed by atoms with van der Waals surface area (Å²) in [6, 6.07) is 21.8. The van der Waals surface area contributed by atoms with Gasteiger partial charge in [0, 0.05) is 0 Å². The lowest BCUT2D eigenvalue weighted by Crippen LogP contribution is -2.12. The van der Waals surface area contributed by atoms with Crippen molar-refractivity contribution in [1.29, 1.82) is 0 Å². The maximum absolute atomic E-state index is 2.41. The second kappa shape index (κ2) is 7.26. The van der Waals surface area contributed by atoms with Gasteiger partial charge in [0.05, 0.1) is 0 Å². The van der Waals surface area contributed by atoms with Crippen molar-refractivity contribution in [3.05, 3.63) is 72.1 Å². The highest BCUT2D eigenvalue weighted by Gasteiger charge is 2.16. The van der Waals surface area contributed by atoms with E-state index in [4.69, 9.17) is 0 Å². The molecule has 0 fully saturated rings. The summed E-state index contributed by atoms with van der Waals surface area (Å²) >= 11 is 0. The van der Waals surface area contributed by atoms with Gasteiger partial charge in [-0.05, 0) is 36.7 Å². The SMILES string of the molecule is CC/C=C(\CC)P(c1ccccc1)c1ccccc1. The van der Waals surface area contributed by atoms with Crippen LogP contribution in [0.25, 0.3) is 0 Å². The van der Waals surface area contributed by atoms with Gasteiger partial charge in [-0.15, -0.1) is 0 Å². The van der Waals surface area contributed by atoms with Crippen LogP contribution in [0.5, 0.6) is 0 Å². The molecule has 0 saturated carbocycles. The molecule has 0 bridgehead atoms. The van der Waals surface area contributed by atoms with Crippen molar-refractivity contribution in [2.75, 3.05) is 0 Å². The molecule has 2 aromatic rings. The van der Waals surface area contributed by atoms with Crippen molar-refractivity contribution < 1.29 is 0 Å². The Morgan fingerprint density at radius 1 is 0.842 bits per heavy atom. The smallest absolute Gasteiger partial charge is 0.0154 e. The Morgan fingerprint density at radius 2 is 1.32 bits per heavy atom. The third-order valence-corrected chi connectivity index (χ3v) is 5.82. The molecule has 0 heterocycles. The van der Waals surface area contributed by atoms with Crippen LogP contribution in [-0.2, 0) is 0 Å². The number of hydrogen-bond acceptors (Lipinski definition) is 0.